The third-order valence-electron chi connectivity index (χ3n) is 3.52. The molecule has 1 saturated carbocycles. The molecule has 0 saturated heterocycles. The van der Waals surface area contributed by atoms with E-state index in [4.69, 9.17) is 5.73 Å². The van der Waals surface area contributed by atoms with Crippen molar-refractivity contribution in [2.45, 2.75) is 25.9 Å². The molecule has 2 rings (SSSR count). The predicted molar refractivity (Wildman–Crippen MR) is 59.1 cm³/mol. The first kappa shape index (κ1) is 10.6. The fraction of sp³-hybridized carbons (Fsp3) is 0.583. The summed E-state index contributed by atoms with van der Waals surface area (Å²) >= 11 is 0. The first-order valence-electron chi connectivity index (χ1n) is 5.46. The molecule has 82 valence electrons. The second kappa shape index (κ2) is 3.91. The van der Waals surface area contributed by atoms with Crippen LogP contribution in [0.1, 0.15) is 31.4 Å². The van der Waals surface area contributed by atoms with Crippen molar-refractivity contribution >= 4 is 0 Å². The van der Waals surface area contributed by atoms with Gasteiger partial charge in [-0.05, 0) is 36.5 Å². The van der Waals surface area contributed by atoms with Crippen molar-refractivity contribution in [2.75, 3.05) is 6.54 Å². The van der Waals surface area contributed by atoms with E-state index in [1.54, 1.807) is 12.4 Å². The van der Waals surface area contributed by atoms with Crippen LogP contribution in [0.4, 0.5) is 0 Å². The standard InChI is InChI=1S/C12H18N2O/c1-9-6-12(7-9,8-13)11(15)10-2-4-14-5-3-10/h2-5,9,11,15H,6-8,13H2,1H3/t9?,11-,12?/m0/s1. The minimum absolute atomic E-state index is 0.0965. The third kappa shape index (κ3) is 1.77. The molecule has 0 aromatic carbocycles. The molecule has 0 unspecified atom stereocenters. The Morgan fingerprint density at radius 3 is 2.60 bits per heavy atom. The number of hydrogen-bond donors (Lipinski definition) is 2. The van der Waals surface area contributed by atoms with Gasteiger partial charge in [-0.25, -0.2) is 0 Å². The van der Waals surface area contributed by atoms with E-state index in [0.717, 1.165) is 18.4 Å². The summed E-state index contributed by atoms with van der Waals surface area (Å²) in [4.78, 5) is 3.95. The Bertz CT molecular complexity index is 320. The highest BCUT2D eigenvalue weighted by Crippen LogP contribution is 2.52. The summed E-state index contributed by atoms with van der Waals surface area (Å²) in [7, 11) is 0. The van der Waals surface area contributed by atoms with Crippen LogP contribution in [0.5, 0.6) is 0 Å². The Labute approximate surface area is 90.3 Å². The normalized spacial score (nSPS) is 32.1. The summed E-state index contributed by atoms with van der Waals surface area (Å²) in [5.41, 5.74) is 6.63. The molecule has 3 N–H and O–H groups in total. The zero-order valence-electron chi connectivity index (χ0n) is 9.06. The highest BCUT2D eigenvalue weighted by Gasteiger charge is 2.46. The molecule has 15 heavy (non-hydrogen) atoms. The quantitative estimate of drug-likeness (QED) is 0.787. The number of pyridine rings is 1. The van der Waals surface area contributed by atoms with E-state index in [1.165, 1.54) is 0 Å². The molecule has 1 aromatic heterocycles. The van der Waals surface area contributed by atoms with Crippen LogP contribution >= 0.6 is 0 Å². The molecule has 1 heterocycles. The fourth-order valence-corrected chi connectivity index (χ4v) is 2.73. The van der Waals surface area contributed by atoms with Gasteiger partial charge < -0.3 is 10.8 Å². The van der Waals surface area contributed by atoms with Crippen LogP contribution in [-0.4, -0.2) is 16.6 Å². The van der Waals surface area contributed by atoms with Gasteiger partial charge in [0.15, 0.2) is 0 Å². The van der Waals surface area contributed by atoms with Gasteiger partial charge in [0.05, 0.1) is 6.10 Å². The second-order valence-corrected chi connectivity index (χ2v) is 4.76. The smallest absolute Gasteiger partial charge is 0.0859 e. The van der Waals surface area contributed by atoms with Gasteiger partial charge in [0.2, 0.25) is 0 Å². The Kier molecular flexibility index (Phi) is 2.76. The van der Waals surface area contributed by atoms with Crippen molar-refractivity contribution in [1.29, 1.82) is 0 Å². The van der Waals surface area contributed by atoms with Gasteiger partial charge >= 0.3 is 0 Å². The average molecular weight is 206 g/mol. The molecular formula is C12H18N2O. The molecule has 3 heteroatoms. The Morgan fingerprint density at radius 2 is 2.13 bits per heavy atom. The third-order valence-corrected chi connectivity index (χ3v) is 3.52. The van der Waals surface area contributed by atoms with Crippen molar-refractivity contribution in [3.63, 3.8) is 0 Å². The SMILES string of the molecule is CC1CC(CN)([C@@H](O)c2ccncc2)C1. The van der Waals surface area contributed by atoms with Crippen LogP contribution in [0, 0.1) is 11.3 Å². The highest BCUT2D eigenvalue weighted by atomic mass is 16.3. The molecule has 0 radical (unpaired) electrons. The Morgan fingerprint density at radius 1 is 1.53 bits per heavy atom. The van der Waals surface area contributed by atoms with E-state index in [0.29, 0.717) is 12.5 Å². The van der Waals surface area contributed by atoms with E-state index in [1.807, 2.05) is 12.1 Å². The largest absolute Gasteiger partial charge is 0.388 e. The van der Waals surface area contributed by atoms with E-state index in [2.05, 4.69) is 11.9 Å². The predicted octanol–water partition coefficient (Wildman–Crippen LogP) is 1.49. The fourth-order valence-electron chi connectivity index (χ4n) is 2.73. The van der Waals surface area contributed by atoms with Crippen LogP contribution in [0.3, 0.4) is 0 Å². The zero-order valence-corrected chi connectivity index (χ0v) is 9.06. The van der Waals surface area contributed by atoms with Crippen molar-refractivity contribution in [1.82, 2.24) is 4.98 Å². The summed E-state index contributed by atoms with van der Waals surface area (Å²) in [6.07, 6.45) is 5.03. The average Bonchev–Trinajstić information content (AvgIpc) is 2.25. The first-order chi connectivity index (χ1) is 7.18. The molecule has 1 aromatic rings. The monoisotopic (exact) mass is 206 g/mol. The van der Waals surface area contributed by atoms with Crippen molar-refractivity contribution < 1.29 is 5.11 Å². The molecule has 1 fully saturated rings. The molecular weight excluding hydrogens is 188 g/mol. The highest BCUT2D eigenvalue weighted by molar-refractivity contribution is 5.18. The number of rotatable bonds is 3. The number of aliphatic hydroxyl groups is 1. The van der Waals surface area contributed by atoms with E-state index >= 15 is 0 Å². The van der Waals surface area contributed by atoms with E-state index in [-0.39, 0.29) is 5.41 Å². The van der Waals surface area contributed by atoms with Gasteiger partial charge in [0.1, 0.15) is 0 Å². The molecule has 0 amide bonds. The van der Waals surface area contributed by atoms with E-state index in [9.17, 15) is 5.11 Å². The number of aliphatic hydroxyl groups excluding tert-OH is 1. The lowest BCUT2D eigenvalue weighted by Gasteiger charge is -2.49. The lowest BCUT2D eigenvalue weighted by molar-refractivity contribution is -0.0602. The van der Waals surface area contributed by atoms with Gasteiger partial charge in [0.25, 0.3) is 0 Å². The number of aromatic nitrogens is 1. The maximum atomic E-state index is 10.3. The van der Waals surface area contributed by atoms with Crippen LogP contribution in [0.25, 0.3) is 0 Å². The molecule has 0 aliphatic heterocycles. The minimum Gasteiger partial charge on any atom is -0.388 e. The van der Waals surface area contributed by atoms with Crippen LogP contribution in [-0.2, 0) is 0 Å². The van der Waals surface area contributed by atoms with Gasteiger partial charge in [0, 0.05) is 24.4 Å². The number of nitrogens with zero attached hydrogens (tertiary/aromatic N) is 1. The Hall–Kier alpha value is -0.930. The number of hydrogen-bond acceptors (Lipinski definition) is 3. The maximum absolute atomic E-state index is 10.3. The first-order valence-corrected chi connectivity index (χ1v) is 5.46. The maximum Gasteiger partial charge on any atom is 0.0859 e. The van der Waals surface area contributed by atoms with Crippen molar-refractivity contribution in [2.24, 2.45) is 17.1 Å². The number of nitrogens with two attached hydrogens (primary N) is 1. The van der Waals surface area contributed by atoms with Crippen molar-refractivity contribution in [3.05, 3.63) is 30.1 Å². The lowest BCUT2D eigenvalue weighted by atomic mass is 9.58. The topological polar surface area (TPSA) is 59.1 Å². The molecule has 0 spiro atoms. The Balaban J connectivity index is 2.17. The van der Waals surface area contributed by atoms with Crippen LogP contribution in [0.2, 0.25) is 0 Å². The molecule has 1 aliphatic rings. The van der Waals surface area contributed by atoms with Crippen LogP contribution < -0.4 is 5.73 Å². The summed E-state index contributed by atoms with van der Waals surface area (Å²) < 4.78 is 0. The molecule has 1 atom stereocenters. The van der Waals surface area contributed by atoms with Gasteiger partial charge in [-0.3, -0.25) is 4.98 Å². The summed E-state index contributed by atoms with van der Waals surface area (Å²) in [6, 6.07) is 3.73. The lowest BCUT2D eigenvalue weighted by Crippen LogP contribution is -2.46. The van der Waals surface area contributed by atoms with Crippen molar-refractivity contribution in [3.8, 4) is 0 Å². The molecule has 0 bridgehead atoms. The summed E-state index contributed by atoms with van der Waals surface area (Å²) in [5.74, 6) is 0.685. The van der Waals surface area contributed by atoms with Crippen LogP contribution in [0.15, 0.2) is 24.5 Å². The van der Waals surface area contributed by atoms with E-state index < -0.39 is 6.10 Å². The second-order valence-electron chi connectivity index (χ2n) is 4.76. The zero-order chi connectivity index (χ0) is 10.9. The minimum atomic E-state index is -0.443. The summed E-state index contributed by atoms with van der Waals surface area (Å²) in [6.45, 7) is 2.76. The molecule has 3 nitrogen and oxygen atoms in total. The van der Waals surface area contributed by atoms with Gasteiger partial charge in [-0.2, -0.15) is 0 Å². The summed E-state index contributed by atoms with van der Waals surface area (Å²) in [5, 5.41) is 10.3. The molecule has 1 aliphatic carbocycles. The van der Waals surface area contributed by atoms with Gasteiger partial charge in [-0.15, -0.1) is 0 Å². The van der Waals surface area contributed by atoms with Gasteiger partial charge in [-0.1, -0.05) is 6.92 Å².